The van der Waals surface area contributed by atoms with Crippen LogP contribution in [0.15, 0.2) is 12.4 Å². The van der Waals surface area contributed by atoms with Crippen LogP contribution in [0.25, 0.3) is 0 Å². The Morgan fingerprint density at radius 2 is 2.20 bits per heavy atom. The number of hydrogen-bond acceptors (Lipinski definition) is 6. The standard InChI is InChI=1S/C9H17N5O/c1-3-15-6-7(2)12-8-4-11-5-9(13-8)14-10/h4-5,7H,3,6,10H2,1-2H3,(H2,12,13,14). The monoisotopic (exact) mass is 211 g/mol. The largest absolute Gasteiger partial charge is 0.380 e. The van der Waals surface area contributed by atoms with Gasteiger partial charge >= 0.3 is 0 Å². The Hall–Kier alpha value is -1.40. The lowest BCUT2D eigenvalue weighted by Crippen LogP contribution is -2.22. The quantitative estimate of drug-likeness (QED) is 0.472. The van der Waals surface area contributed by atoms with E-state index < -0.39 is 0 Å². The Labute approximate surface area is 89.2 Å². The summed E-state index contributed by atoms with van der Waals surface area (Å²) < 4.78 is 5.27. The number of nitrogens with zero attached hydrogens (tertiary/aromatic N) is 2. The van der Waals surface area contributed by atoms with Crippen molar-refractivity contribution in [2.75, 3.05) is 24.0 Å². The Balaban J connectivity index is 2.48. The van der Waals surface area contributed by atoms with E-state index >= 15 is 0 Å². The first-order chi connectivity index (χ1) is 7.26. The van der Waals surface area contributed by atoms with E-state index in [1.54, 1.807) is 12.4 Å². The number of nitrogen functional groups attached to an aromatic ring is 1. The number of aromatic nitrogens is 2. The third kappa shape index (κ3) is 4.09. The molecular weight excluding hydrogens is 194 g/mol. The molecule has 1 unspecified atom stereocenters. The van der Waals surface area contributed by atoms with Gasteiger partial charge in [0.2, 0.25) is 0 Å². The molecule has 0 aliphatic carbocycles. The number of rotatable bonds is 6. The fourth-order valence-electron chi connectivity index (χ4n) is 1.09. The minimum Gasteiger partial charge on any atom is -0.380 e. The highest BCUT2D eigenvalue weighted by Gasteiger charge is 2.03. The normalized spacial score (nSPS) is 12.2. The number of hydrogen-bond donors (Lipinski definition) is 3. The Morgan fingerprint density at radius 1 is 1.47 bits per heavy atom. The average Bonchev–Trinajstić information content (AvgIpc) is 2.26. The second kappa shape index (κ2) is 6.15. The Morgan fingerprint density at radius 3 is 2.87 bits per heavy atom. The highest BCUT2D eigenvalue weighted by Crippen LogP contribution is 2.06. The van der Waals surface area contributed by atoms with E-state index in [0.717, 1.165) is 0 Å². The number of ether oxygens (including phenoxy) is 1. The van der Waals surface area contributed by atoms with E-state index in [1.807, 2.05) is 13.8 Å². The molecule has 0 aromatic carbocycles. The molecule has 6 nitrogen and oxygen atoms in total. The summed E-state index contributed by atoms with van der Waals surface area (Å²) >= 11 is 0. The second-order valence-corrected chi connectivity index (χ2v) is 3.14. The number of nitrogens with two attached hydrogens (primary N) is 1. The zero-order chi connectivity index (χ0) is 11.1. The lowest BCUT2D eigenvalue weighted by atomic mass is 10.3. The third-order valence-electron chi connectivity index (χ3n) is 1.75. The van der Waals surface area contributed by atoms with Crippen molar-refractivity contribution in [3.8, 4) is 0 Å². The van der Waals surface area contributed by atoms with E-state index in [4.69, 9.17) is 10.6 Å². The molecule has 84 valence electrons. The van der Waals surface area contributed by atoms with Crippen molar-refractivity contribution in [3.05, 3.63) is 12.4 Å². The van der Waals surface area contributed by atoms with Gasteiger partial charge in [0.05, 0.1) is 19.0 Å². The minimum absolute atomic E-state index is 0.187. The summed E-state index contributed by atoms with van der Waals surface area (Å²) in [6.45, 7) is 5.33. The van der Waals surface area contributed by atoms with Crippen LogP contribution in [0, 0.1) is 0 Å². The second-order valence-electron chi connectivity index (χ2n) is 3.14. The molecule has 0 saturated heterocycles. The highest BCUT2D eigenvalue weighted by molar-refractivity contribution is 5.41. The van der Waals surface area contributed by atoms with Gasteiger partial charge < -0.3 is 15.5 Å². The first-order valence-corrected chi connectivity index (χ1v) is 4.89. The van der Waals surface area contributed by atoms with Crippen molar-refractivity contribution in [1.82, 2.24) is 9.97 Å². The Kier molecular flexibility index (Phi) is 4.79. The van der Waals surface area contributed by atoms with Crippen LogP contribution in [-0.4, -0.2) is 29.2 Å². The van der Waals surface area contributed by atoms with Crippen molar-refractivity contribution in [3.63, 3.8) is 0 Å². The summed E-state index contributed by atoms with van der Waals surface area (Å²) in [5.41, 5.74) is 2.44. The lowest BCUT2D eigenvalue weighted by molar-refractivity contribution is 0.141. The van der Waals surface area contributed by atoms with Gasteiger partial charge in [-0.1, -0.05) is 0 Å². The van der Waals surface area contributed by atoms with Crippen LogP contribution in [0.1, 0.15) is 13.8 Å². The van der Waals surface area contributed by atoms with Crippen LogP contribution in [0.3, 0.4) is 0 Å². The lowest BCUT2D eigenvalue weighted by Gasteiger charge is -2.14. The van der Waals surface area contributed by atoms with E-state index in [9.17, 15) is 0 Å². The molecule has 4 N–H and O–H groups in total. The molecule has 0 radical (unpaired) electrons. The minimum atomic E-state index is 0.187. The maximum atomic E-state index is 5.27. The van der Waals surface area contributed by atoms with Gasteiger partial charge in [-0.2, -0.15) is 0 Å². The summed E-state index contributed by atoms with van der Waals surface area (Å²) in [4.78, 5) is 8.15. The SMILES string of the molecule is CCOCC(C)Nc1cncc(NN)n1. The van der Waals surface area contributed by atoms with Gasteiger partial charge in [-0.25, -0.2) is 10.8 Å². The highest BCUT2D eigenvalue weighted by atomic mass is 16.5. The molecular formula is C9H17N5O. The molecule has 1 heterocycles. The van der Waals surface area contributed by atoms with Crippen LogP contribution in [0.2, 0.25) is 0 Å². The average molecular weight is 211 g/mol. The molecule has 0 amide bonds. The van der Waals surface area contributed by atoms with Crippen molar-refractivity contribution in [1.29, 1.82) is 0 Å². The number of nitrogens with one attached hydrogen (secondary N) is 2. The van der Waals surface area contributed by atoms with Gasteiger partial charge in [0.15, 0.2) is 5.82 Å². The predicted octanol–water partition coefficient (Wildman–Crippen LogP) is 0.599. The van der Waals surface area contributed by atoms with E-state index in [2.05, 4.69) is 20.7 Å². The van der Waals surface area contributed by atoms with Crippen LogP contribution in [-0.2, 0) is 4.74 Å². The molecule has 1 rings (SSSR count). The van der Waals surface area contributed by atoms with Crippen LogP contribution >= 0.6 is 0 Å². The molecule has 0 fully saturated rings. The van der Waals surface area contributed by atoms with E-state index in [0.29, 0.717) is 24.8 Å². The molecule has 15 heavy (non-hydrogen) atoms. The van der Waals surface area contributed by atoms with Gasteiger partial charge in [-0.3, -0.25) is 4.98 Å². The van der Waals surface area contributed by atoms with E-state index in [-0.39, 0.29) is 6.04 Å². The number of anilines is 2. The number of hydrazine groups is 1. The van der Waals surface area contributed by atoms with Gasteiger partial charge in [-0.15, -0.1) is 0 Å². The maximum Gasteiger partial charge on any atom is 0.160 e. The maximum absolute atomic E-state index is 5.27. The van der Waals surface area contributed by atoms with Crippen LogP contribution in [0.4, 0.5) is 11.6 Å². The zero-order valence-electron chi connectivity index (χ0n) is 9.03. The van der Waals surface area contributed by atoms with Gasteiger partial charge in [0, 0.05) is 12.6 Å². The first-order valence-electron chi connectivity index (χ1n) is 4.89. The third-order valence-corrected chi connectivity index (χ3v) is 1.75. The molecule has 6 heteroatoms. The first kappa shape index (κ1) is 11.7. The molecule has 1 aromatic heterocycles. The topological polar surface area (TPSA) is 85.1 Å². The summed E-state index contributed by atoms with van der Waals surface area (Å²) in [6, 6.07) is 0.187. The fraction of sp³-hybridized carbons (Fsp3) is 0.556. The molecule has 1 aromatic rings. The molecule has 0 saturated carbocycles. The molecule has 0 aliphatic heterocycles. The Bertz CT molecular complexity index is 294. The van der Waals surface area contributed by atoms with Crippen molar-refractivity contribution >= 4 is 11.6 Å². The summed E-state index contributed by atoms with van der Waals surface area (Å²) in [5.74, 6) is 6.43. The van der Waals surface area contributed by atoms with Gasteiger partial charge in [-0.05, 0) is 13.8 Å². The van der Waals surface area contributed by atoms with E-state index in [1.165, 1.54) is 0 Å². The van der Waals surface area contributed by atoms with Crippen molar-refractivity contribution < 1.29 is 4.74 Å². The van der Waals surface area contributed by atoms with Crippen molar-refractivity contribution in [2.45, 2.75) is 19.9 Å². The van der Waals surface area contributed by atoms with Crippen molar-refractivity contribution in [2.24, 2.45) is 5.84 Å². The summed E-state index contributed by atoms with van der Waals surface area (Å²) in [6.07, 6.45) is 3.20. The van der Waals surface area contributed by atoms with Crippen LogP contribution < -0.4 is 16.6 Å². The molecule has 0 aliphatic rings. The smallest absolute Gasteiger partial charge is 0.160 e. The fourth-order valence-corrected chi connectivity index (χ4v) is 1.09. The predicted molar refractivity (Wildman–Crippen MR) is 59.4 cm³/mol. The molecule has 1 atom stereocenters. The molecule has 0 bridgehead atoms. The van der Waals surface area contributed by atoms with Gasteiger partial charge in [0.25, 0.3) is 0 Å². The summed E-state index contributed by atoms with van der Waals surface area (Å²) in [7, 11) is 0. The zero-order valence-corrected chi connectivity index (χ0v) is 9.03. The summed E-state index contributed by atoms with van der Waals surface area (Å²) in [5, 5.41) is 3.16. The van der Waals surface area contributed by atoms with Crippen LogP contribution in [0.5, 0.6) is 0 Å². The molecule has 0 spiro atoms. The van der Waals surface area contributed by atoms with Gasteiger partial charge in [0.1, 0.15) is 5.82 Å².